The molecule has 0 aliphatic carbocycles. The highest BCUT2D eigenvalue weighted by atomic mass is 35.5. The third kappa shape index (κ3) is 2.12. The largest absolute Gasteiger partial charge is 0.310 e. The maximum atomic E-state index is 11.8. The monoisotopic (exact) mass is 297 g/mol. The van der Waals surface area contributed by atoms with Gasteiger partial charge in [0.1, 0.15) is 0 Å². The molecule has 16 heavy (non-hydrogen) atoms. The fourth-order valence-corrected chi connectivity index (χ4v) is 2.22. The minimum Gasteiger partial charge on any atom is -0.310 e. The maximum absolute atomic E-state index is 11.8. The van der Waals surface area contributed by atoms with Crippen molar-refractivity contribution in [2.24, 2.45) is 0 Å². The lowest BCUT2D eigenvalue weighted by atomic mass is 10.3. The Kier molecular flexibility index (Phi) is 3.28. The number of carbonyl (C=O) groups is 1. The van der Waals surface area contributed by atoms with Gasteiger partial charge in [-0.15, -0.1) is 0 Å². The lowest BCUT2D eigenvalue weighted by Gasteiger charge is -2.17. The number of hydrogen-bond donors (Lipinski definition) is 0. The Balaban J connectivity index is 2.33. The van der Waals surface area contributed by atoms with Crippen LogP contribution in [0.4, 0.5) is 5.69 Å². The second-order valence-corrected chi connectivity index (χ2v) is 5.81. The van der Waals surface area contributed by atoms with Crippen LogP contribution in [0.25, 0.3) is 0 Å². The van der Waals surface area contributed by atoms with Crippen LogP contribution in [-0.2, 0) is 4.79 Å². The molecule has 1 aliphatic heterocycles. The van der Waals surface area contributed by atoms with Crippen LogP contribution in [-0.4, -0.2) is 16.8 Å². The molecule has 0 bridgehead atoms. The van der Waals surface area contributed by atoms with Crippen LogP contribution in [0.5, 0.6) is 0 Å². The Morgan fingerprint density at radius 1 is 1.19 bits per heavy atom. The van der Waals surface area contributed by atoms with Gasteiger partial charge in [-0.05, 0) is 18.2 Å². The molecule has 1 saturated heterocycles. The van der Waals surface area contributed by atoms with Gasteiger partial charge in [0.25, 0.3) is 5.91 Å². The molecular weight excluding hydrogens is 292 g/mol. The highest BCUT2D eigenvalue weighted by Crippen LogP contribution is 2.37. The third-order valence-corrected chi connectivity index (χ3v) is 3.86. The van der Waals surface area contributed by atoms with Gasteiger partial charge in [-0.1, -0.05) is 46.4 Å². The van der Waals surface area contributed by atoms with Gasteiger partial charge in [0.15, 0.2) is 4.33 Å². The number of rotatable bonds is 1. The van der Waals surface area contributed by atoms with Gasteiger partial charge in [-0.3, -0.25) is 4.79 Å². The molecule has 1 amide bonds. The van der Waals surface area contributed by atoms with E-state index in [4.69, 9.17) is 46.4 Å². The predicted octanol–water partition coefficient (Wildman–Crippen LogP) is 3.90. The van der Waals surface area contributed by atoms with E-state index < -0.39 is 4.33 Å². The number of nitrogens with zero attached hydrogens (tertiary/aromatic N) is 1. The van der Waals surface area contributed by atoms with Gasteiger partial charge in [0, 0.05) is 18.7 Å². The summed E-state index contributed by atoms with van der Waals surface area (Å²) < 4.78 is -1.33. The summed E-state index contributed by atoms with van der Waals surface area (Å²) in [6.45, 7) is 0.476. The predicted molar refractivity (Wildman–Crippen MR) is 67.9 cm³/mol. The molecular formula is C10H7Cl4NO. The molecule has 0 aromatic heterocycles. The summed E-state index contributed by atoms with van der Waals surface area (Å²) in [7, 11) is 0. The van der Waals surface area contributed by atoms with Crippen molar-refractivity contribution in [3.8, 4) is 0 Å². The van der Waals surface area contributed by atoms with E-state index in [0.29, 0.717) is 28.7 Å². The van der Waals surface area contributed by atoms with Crippen LogP contribution in [0.1, 0.15) is 6.42 Å². The number of halogens is 4. The molecule has 1 aliphatic rings. The number of anilines is 1. The molecule has 2 nitrogen and oxygen atoms in total. The number of carbonyl (C=O) groups excluding carboxylic acids is 1. The summed E-state index contributed by atoms with van der Waals surface area (Å²) in [6.07, 6.45) is 0.398. The SMILES string of the molecule is O=C1N(c2ccc(Cl)c(Cl)c2)CCC1(Cl)Cl. The van der Waals surface area contributed by atoms with Crippen LogP contribution in [0.15, 0.2) is 18.2 Å². The van der Waals surface area contributed by atoms with E-state index in [1.54, 1.807) is 18.2 Å². The van der Waals surface area contributed by atoms with E-state index in [1.807, 2.05) is 0 Å². The molecule has 1 aromatic rings. The average molecular weight is 299 g/mol. The van der Waals surface area contributed by atoms with Crippen molar-refractivity contribution in [2.75, 3.05) is 11.4 Å². The van der Waals surface area contributed by atoms with Crippen molar-refractivity contribution in [1.82, 2.24) is 0 Å². The molecule has 86 valence electrons. The summed E-state index contributed by atoms with van der Waals surface area (Å²) in [5, 5.41) is 0.841. The van der Waals surface area contributed by atoms with Crippen LogP contribution in [0.3, 0.4) is 0 Å². The minimum atomic E-state index is -1.33. The first-order valence-corrected chi connectivity index (χ1v) is 6.08. The highest BCUT2D eigenvalue weighted by Gasteiger charge is 2.44. The van der Waals surface area contributed by atoms with E-state index in [0.717, 1.165) is 0 Å². The van der Waals surface area contributed by atoms with Crippen LogP contribution < -0.4 is 4.90 Å². The van der Waals surface area contributed by atoms with Gasteiger partial charge in [-0.25, -0.2) is 0 Å². The summed E-state index contributed by atoms with van der Waals surface area (Å²) >= 11 is 23.4. The van der Waals surface area contributed by atoms with E-state index in [1.165, 1.54) is 4.90 Å². The zero-order chi connectivity index (χ0) is 11.9. The van der Waals surface area contributed by atoms with Crippen molar-refractivity contribution in [3.63, 3.8) is 0 Å². The molecule has 1 aromatic carbocycles. The highest BCUT2D eigenvalue weighted by molar-refractivity contribution is 6.60. The summed E-state index contributed by atoms with van der Waals surface area (Å²) in [6, 6.07) is 4.97. The van der Waals surface area contributed by atoms with Crippen LogP contribution >= 0.6 is 46.4 Å². The van der Waals surface area contributed by atoms with Crippen molar-refractivity contribution in [2.45, 2.75) is 10.8 Å². The smallest absolute Gasteiger partial charge is 0.263 e. The first-order chi connectivity index (χ1) is 7.42. The summed E-state index contributed by atoms with van der Waals surface area (Å²) in [5.41, 5.74) is 0.655. The van der Waals surface area contributed by atoms with Gasteiger partial charge in [0.05, 0.1) is 10.0 Å². The Hall–Kier alpha value is -0.150. The average Bonchev–Trinajstić information content (AvgIpc) is 2.48. The fraction of sp³-hybridized carbons (Fsp3) is 0.300. The standard InChI is InChI=1S/C10H7Cl4NO/c11-7-2-1-6(5-8(7)12)15-4-3-10(13,14)9(15)16/h1-2,5H,3-4H2. The first kappa shape index (κ1) is 12.3. The Morgan fingerprint density at radius 3 is 2.38 bits per heavy atom. The van der Waals surface area contributed by atoms with E-state index >= 15 is 0 Å². The van der Waals surface area contributed by atoms with Crippen molar-refractivity contribution in [1.29, 1.82) is 0 Å². The molecule has 6 heteroatoms. The summed E-state index contributed by atoms with van der Waals surface area (Å²) in [4.78, 5) is 13.3. The Labute approximate surface area is 113 Å². The van der Waals surface area contributed by atoms with E-state index in [2.05, 4.69) is 0 Å². The van der Waals surface area contributed by atoms with Gasteiger partial charge < -0.3 is 4.90 Å². The van der Waals surface area contributed by atoms with Gasteiger partial charge in [0.2, 0.25) is 0 Å². The molecule has 0 unspecified atom stereocenters. The minimum absolute atomic E-state index is 0.325. The second-order valence-electron chi connectivity index (χ2n) is 3.51. The molecule has 0 spiro atoms. The Morgan fingerprint density at radius 2 is 1.88 bits per heavy atom. The zero-order valence-corrected chi connectivity index (χ0v) is 11.0. The molecule has 0 saturated carbocycles. The molecule has 1 heterocycles. The normalized spacial score (nSPS) is 19.2. The molecule has 1 fully saturated rings. The van der Waals surface area contributed by atoms with Crippen molar-refractivity contribution < 1.29 is 4.79 Å². The number of benzene rings is 1. The quantitative estimate of drug-likeness (QED) is 0.720. The first-order valence-electron chi connectivity index (χ1n) is 4.57. The number of hydrogen-bond acceptors (Lipinski definition) is 1. The Bertz CT molecular complexity index is 446. The maximum Gasteiger partial charge on any atom is 0.263 e. The van der Waals surface area contributed by atoms with Gasteiger partial charge in [-0.2, -0.15) is 0 Å². The van der Waals surface area contributed by atoms with E-state index in [9.17, 15) is 4.79 Å². The van der Waals surface area contributed by atoms with Gasteiger partial charge >= 0.3 is 0 Å². The fourth-order valence-electron chi connectivity index (χ4n) is 1.56. The molecule has 0 N–H and O–H groups in total. The third-order valence-electron chi connectivity index (χ3n) is 2.42. The summed E-state index contributed by atoms with van der Waals surface area (Å²) in [5.74, 6) is -0.325. The molecule has 2 rings (SSSR count). The lowest BCUT2D eigenvalue weighted by molar-refractivity contribution is -0.117. The molecule has 0 atom stereocenters. The van der Waals surface area contributed by atoms with Crippen molar-refractivity contribution >= 4 is 58.0 Å². The number of amides is 1. The van der Waals surface area contributed by atoms with Crippen LogP contribution in [0, 0.1) is 0 Å². The zero-order valence-electron chi connectivity index (χ0n) is 8.01. The molecule has 0 radical (unpaired) electrons. The van der Waals surface area contributed by atoms with Crippen LogP contribution in [0.2, 0.25) is 10.0 Å². The van der Waals surface area contributed by atoms with Crippen molar-refractivity contribution in [3.05, 3.63) is 28.2 Å². The second kappa shape index (κ2) is 4.26. The number of alkyl halides is 2. The topological polar surface area (TPSA) is 20.3 Å². The van der Waals surface area contributed by atoms with E-state index in [-0.39, 0.29) is 5.91 Å². The lowest BCUT2D eigenvalue weighted by Crippen LogP contribution is -2.31.